The number of aromatic nitrogens is 1. The first-order valence-corrected chi connectivity index (χ1v) is 22.1. The lowest BCUT2D eigenvalue weighted by atomic mass is 9.91. The molecule has 5 aromatic rings. The Kier molecular flexibility index (Phi) is 14.8. The monoisotopic (exact) mass is 1280 g/mol. The third kappa shape index (κ3) is 10.2. The number of ether oxygens (including phenoxy) is 4. The Hall–Kier alpha value is -2.78. The molecule has 0 saturated heterocycles. The van der Waals surface area contributed by atoms with Crippen LogP contribution >= 0.6 is 127 Å². The molecule has 0 atom stereocenters. The molecule has 294 valence electrons. The zero-order valence-corrected chi connectivity index (χ0v) is 41.9. The summed E-state index contributed by atoms with van der Waals surface area (Å²) >= 11 is 27.6. The zero-order chi connectivity index (χ0) is 42.2. The Balaban J connectivity index is 1.91. The normalized spacial score (nSPS) is 10.9. The second kappa shape index (κ2) is 18.6. The minimum absolute atomic E-state index is 0.0441. The van der Waals surface area contributed by atoms with E-state index in [1.165, 1.54) is 52.0 Å². The highest BCUT2D eigenvalue weighted by Crippen LogP contribution is 2.48. The van der Waals surface area contributed by atoms with Crippen LogP contribution in [0.2, 0.25) is 0 Å². The molecule has 1 aromatic heterocycles. The molecule has 0 aliphatic heterocycles. The number of esters is 4. The smallest absolute Gasteiger partial charge is 0.308 e. The molecule has 0 aliphatic rings. The van der Waals surface area contributed by atoms with Crippen molar-refractivity contribution in [3.8, 4) is 45.3 Å². The molecule has 11 nitrogen and oxygen atoms in total. The summed E-state index contributed by atoms with van der Waals surface area (Å²) in [7, 11) is 0. The number of nitrogens with one attached hydrogen (secondary N) is 1. The number of rotatable bonds is 10. The molecule has 0 spiro atoms. The Bertz CT molecular complexity index is 2320. The molecule has 0 bridgehead atoms. The Labute approximate surface area is 391 Å². The highest BCUT2D eigenvalue weighted by atomic mass is 79.9. The van der Waals surface area contributed by atoms with Gasteiger partial charge in [0, 0.05) is 49.9 Å². The molecule has 5 rings (SSSR count). The van der Waals surface area contributed by atoms with Crippen molar-refractivity contribution in [2.75, 3.05) is 0 Å². The highest BCUT2D eigenvalue weighted by Gasteiger charge is 2.32. The van der Waals surface area contributed by atoms with E-state index in [2.05, 4.69) is 132 Å². The van der Waals surface area contributed by atoms with E-state index in [9.17, 15) is 28.8 Å². The van der Waals surface area contributed by atoms with E-state index in [-0.39, 0.29) is 74.5 Å². The molecular weight excluding hydrogens is 1270 g/mol. The molecule has 0 fully saturated rings. The van der Waals surface area contributed by atoms with Crippen LogP contribution in [0.1, 0.15) is 59.8 Å². The summed E-state index contributed by atoms with van der Waals surface area (Å²) < 4.78 is 24.0. The van der Waals surface area contributed by atoms with E-state index in [4.69, 9.17) is 18.9 Å². The molecule has 1 heterocycles. The van der Waals surface area contributed by atoms with Crippen molar-refractivity contribution in [3.05, 3.63) is 107 Å². The van der Waals surface area contributed by atoms with Crippen molar-refractivity contribution in [2.45, 2.75) is 27.7 Å². The fourth-order valence-corrected chi connectivity index (χ4v) is 10.9. The summed E-state index contributed by atoms with van der Waals surface area (Å²) in [5.74, 6) is -2.87. The summed E-state index contributed by atoms with van der Waals surface area (Å²) in [6, 6.07) is 12.4. The van der Waals surface area contributed by atoms with E-state index in [0.717, 1.165) is 0 Å². The largest absolute Gasteiger partial charge is 0.424 e. The van der Waals surface area contributed by atoms with Gasteiger partial charge in [0.05, 0.1) is 47.2 Å². The first-order chi connectivity index (χ1) is 26.7. The van der Waals surface area contributed by atoms with Crippen molar-refractivity contribution < 1.29 is 47.7 Å². The zero-order valence-electron chi connectivity index (χ0n) is 29.2. The summed E-state index contributed by atoms with van der Waals surface area (Å²) in [5.41, 5.74) is 1.41. The average Bonchev–Trinajstić information content (AvgIpc) is 3.50. The van der Waals surface area contributed by atoms with Crippen molar-refractivity contribution in [3.63, 3.8) is 0 Å². The number of H-pyrrole nitrogens is 1. The summed E-state index contributed by atoms with van der Waals surface area (Å²) in [4.78, 5) is 80.4. The minimum Gasteiger partial charge on any atom is -0.424 e. The van der Waals surface area contributed by atoms with Crippen molar-refractivity contribution in [1.29, 1.82) is 0 Å². The van der Waals surface area contributed by atoms with Gasteiger partial charge in [0.2, 0.25) is 11.6 Å². The molecule has 0 aliphatic carbocycles. The van der Waals surface area contributed by atoms with Crippen LogP contribution in [0, 0.1) is 0 Å². The van der Waals surface area contributed by atoms with Crippen LogP contribution in [-0.2, 0) is 19.2 Å². The third-order valence-electron chi connectivity index (χ3n) is 7.53. The topological polar surface area (TPSA) is 155 Å². The number of hydrogen-bond acceptors (Lipinski definition) is 10. The maximum Gasteiger partial charge on any atom is 0.308 e. The molecular formula is C38H21Br8NO10. The molecule has 1 N–H and O–H groups in total. The maximum atomic E-state index is 14.9. The molecule has 0 radical (unpaired) electrons. The van der Waals surface area contributed by atoms with Crippen LogP contribution in [0.25, 0.3) is 22.3 Å². The van der Waals surface area contributed by atoms with Gasteiger partial charge >= 0.3 is 23.9 Å². The molecule has 57 heavy (non-hydrogen) atoms. The van der Waals surface area contributed by atoms with Gasteiger partial charge in [-0.3, -0.25) is 28.8 Å². The number of halogens is 8. The molecule has 0 amide bonds. The van der Waals surface area contributed by atoms with E-state index < -0.39 is 35.4 Å². The molecule has 0 unspecified atom stereocenters. The summed E-state index contributed by atoms with van der Waals surface area (Å²) in [6.07, 6.45) is 0. The number of aromatic amines is 1. The van der Waals surface area contributed by atoms with Crippen LogP contribution in [0.3, 0.4) is 0 Å². The fourth-order valence-electron chi connectivity index (χ4n) is 5.46. The van der Waals surface area contributed by atoms with E-state index in [1.54, 1.807) is 24.3 Å². The molecule has 19 heteroatoms. The van der Waals surface area contributed by atoms with E-state index in [1.807, 2.05) is 0 Å². The minimum atomic E-state index is -0.584. The first-order valence-electron chi connectivity index (χ1n) is 15.7. The summed E-state index contributed by atoms with van der Waals surface area (Å²) in [5, 5.41) is 0. The molecule has 4 aromatic carbocycles. The first kappa shape index (κ1) is 45.3. The SMILES string of the molecule is CC(=O)Oc1c(Br)cc(C(=O)c2[nH]c(C(=O)c3cc(Br)c(OC(C)=O)c(Br)c3)c(-c3cc(Br)c(OC(C)=O)c(Br)c3)c2-c2cc(Br)c(OC(C)=O)c(Br)c2)cc1Br. The van der Waals surface area contributed by atoms with Crippen LogP contribution in [-0.4, -0.2) is 40.4 Å². The number of carbonyl (C=O) groups is 6. The van der Waals surface area contributed by atoms with Crippen LogP contribution in [0.4, 0.5) is 0 Å². The predicted molar refractivity (Wildman–Crippen MR) is 238 cm³/mol. The highest BCUT2D eigenvalue weighted by molar-refractivity contribution is 9.12. The predicted octanol–water partition coefficient (Wildman–Crippen LogP) is 12.6. The Morgan fingerprint density at radius 1 is 0.386 bits per heavy atom. The fraction of sp³-hybridized carbons (Fsp3) is 0.105. The van der Waals surface area contributed by atoms with Crippen LogP contribution in [0.5, 0.6) is 23.0 Å². The van der Waals surface area contributed by atoms with E-state index in [0.29, 0.717) is 29.0 Å². The van der Waals surface area contributed by atoms with Gasteiger partial charge in [0.25, 0.3) is 0 Å². The maximum absolute atomic E-state index is 14.9. The van der Waals surface area contributed by atoms with Gasteiger partial charge in [-0.1, -0.05) is 0 Å². The van der Waals surface area contributed by atoms with Crippen molar-refractivity contribution in [2.24, 2.45) is 0 Å². The Morgan fingerprint density at radius 2 is 0.596 bits per heavy atom. The quantitative estimate of drug-likeness (QED) is 0.0811. The second-order valence-electron chi connectivity index (χ2n) is 11.7. The standard InChI is InChI=1S/C38H21Br8NO10/c1-13(48)54-35-21(39)5-17(6-22(35)40)29-30(18-7-23(41)36(24(42)8-18)55-14(2)49)32(34(53)20-11-27(45)38(28(46)12-20)57-16(4)51)47-31(29)33(52)19-9-25(43)37(26(44)10-19)56-15(3)50/h5-12,47H,1-4H3. The average molecular weight is 1290 g/mol. The summed E-state index contributed by atoms with van der Waals surface area (Å²) in [6.45, 7) is 4.98. The number of hydrogen-bond donors (Lipinski definition) is 1. The lowest BCUT2D eigenvalue weighted by Gasteiger charge is -2.15. The van der Waals surface area contributed by atoms with Crippen LogP contribution < -0.4 is 18.9 Å². The second-order valence-corrected chi connectivity index (χ2v) is 18.6. The third-order valence-corrected chi connectivity index (χ3v) is 12.2. The van der Waals surface area contributed by atoms with Crippen molar-refractivity contribution in [1.82, 2.24) is 4.98 Å². The van der Waals surface area contributed by atoms with Gasteiger partial charge in [-0.2, -0.15) is 0 Å². The van der Waals surface area contributed by atoms with E-state index >= 15 is 0 Å². The van der Waals surface area contributed by atoms with Crippen molar-refractivity contribution >= 4 is 163 Å². The van der Waals surface area contributed by atoms with Crippen LogP contribution in [0.15, 0.2) is 84.3 Å². The lowest BCUT2D eigenvalue weighted by Crippen LogP contribution is -2.08. The Morgan fingerprint density at radius 3 is 0.807 bits per heavy atom. The van der Waals surface area contributed by atoms with Gasteiger partial charge < -0.3 is 23.9 Å². The van der Waals surface area contributed by atoms with Gasteiger partial charge in [0.15, 0.2) is 23.0 Å². The number of carbonyl (C=O) groups excluding carboxylic acids is 6. The van der Waals surface area contributed by atoms with Gasteiger partial charge in [-0.05, 0) is 187 Å². The lowest BCUT2D eigenvalue weighted by molar-refractivity contribution is -0.132. The number of ketones is 2. The number of benzene rings is 4. The van der Waals surface area contributed by atoms with Gasteiger partial charge in [-0.15, -0.1) is 0 Å². The molecule has 0 saturated carbocycles. The van der Waals surface area contributed by atoms with Gasteiger partial charge in [-0.25, -0.2) is 0 Å². The van der Waals surface area contributed by atoms with Gasteiger partial charge in [0.1, 0.15) is 0 Å².